The van der Waals surface area contributed by atoms with Gasteiger partial charge in [-0.05, 0) is 68.4 Å². The third-order valence-corrected chi connectivity index (χ3v) is 5.20. The minimum atomic E-state index is -0.323. The molecule has 1 saturated carbocycles. The predicted octanol–water partition coefficient (Wildman–Crippen LogP) is 4.73. The summed E-state index contributed by atoms with van der Waals surface area (Å²) in [6.07, 6.45) is 5.33. The first kappa shape index (κ1) is 21.8. The van der Waals surface area contributed by atoms with Gasteiger partial charge in [0.05, 0.1) is 6.61 Å². The molecule has 2 amide bonds. The van der Waals surface area contributed by atoms with Crippen LogP contribution >= 0.6 is 12.2 Å². The van der Waals surface area contributed by atoms with Gasteiger partial charge in [-0.1, -0.05) is 31.4 Å². The SMILES string of the molecule is CCOc1cccc(C(=O)NC(=S)Nc2cccc(NC(=O)C3CCCCC3)c2)c1. The van der Waals surface area contributed by atoms with Crippen molar-refractivity contribution < 1.29 is 14.3 Å². The van der Waals surface area contributed by atoms with Crippen LogP contribution in [0.3, 0.4) is 0 Å². The molecule has 0 atom stereocenters. The molecule has 0 spiro atoms. The molecule has 3 rings (SSSR count). The zero-order valence-corrected chi connectivity index (χ0v) is 17.9. The van der Waals surface area contributed by atoms with E-state index in [2.05, 4.69) is 16.0 Å². The summed E-state index contributed by atoms with van der Waals surface area (Å²) in [5.41, 5.74) is 1.84. The molecule has 0 saturated heterocycles. The molecule has 1 aliphatic rings. The standard InChI is InChI=1S/C23H27N3O3S/c1-2-29-20-13-6-10-17(14-20)22(28)26-23(30)25-19-12-7-11-18(15-19)24-21(27)16-8-4-3-5-9-16/h6-7,10-16H,2-5,8-9H2,1H3,(H,24,27)(H2,25,26,28,30). The fourth-order valence-electron chi connectivity index (χ4n) is 3.52. The maximum Gasteiger partial charge on any atom is 0.257 e. The van der Waals surface area contributed by atoms with Crippen molar-refractivity contribution in [1.29, 1.82) is 0 Å². The number of hydrogen-bond acceptors (Lipinski definition) is 4. The van der Waals surface area contributed by atoms with Gasteiger partial charge < -0.3 is 15.4 Å². The number of carbonyl (C=O) groups is 2. The van der Waals surface area contributed by atoms with Gasteiger partial charge in [0.1, 0.15) is 5.75 Å². The Labute approximate surface area is 182 Å². The molecule has 0 aromatic heterocycles. The molecule has 1 aliphatic carbocycles. The van der Waals surface area contributed by atoms with Crippen LogP contribution < -0.4 is 20.7 Å². The van der Waals surface area contributed by atoms with Crippen molar-refractivity contribution in [1.82, 2.24) is 5.32 Å². The molecule has 0 aliphatic heterocycles. The van der Waals surface area contributed by atoms with Crippen molar-refractivity contribution in [2.45, 2.75) is 39.0 Å². The second kappa shape index (κ2) is 10.7. The van der Waals surface area contributed by atoms with Gasteiger partial charge in [0.25, 0.3) is 5.91 Å². The average Bonchev–Trinajstić information content (AvgIpc) is 2.75. The molecule has 2 aromatic carbocycles. The van der Waals surface area contributed by atoms with E-state index in [1.165, 1.54) is 6.42 Å². The smallest absolute Gasteiger partial charge is 0.257 e. The number of rotatable bonds is 6. The number of nitrogens with one attached hydrogen (secondary N) is 3. The topological polar surface area (TPSA) is 79.5 Å². The van der Waals surface area contributed by atoms with Gasteiger partial charge in [0, 0.05) is 22.9 Å². The number of ether oxygens (including phenoxy) is 1. The van der Waals surface area contributed by atoms with Crippen LogP contribution in [0.2, 0.25) is 0 Å². The van der Waals surface area contributed by atoms with Crippen molar-refractivity contribution in [3.63, 3.8) is 0 Å². The Balaban J connectivity index is 1.56. The van der Waals surface area contributed by atoms with Crippen molar-refractivity contribution in [2.75, 3.05) is 17.2 Å². The van der Waals surface area contributed by atoms with Crippen molar-refractivity contribution in [3.8, 4) is 5.75 Å². The first-order valence-electron chi connectivity index (χ1n) is 10.3. The summed E-state index contributed by atoms with van der Waals surface area (Å²) in [5.74, 6) is 0.460. The first-order valence-corrected chi connectivity index (χ1v) is 10.7. The van der Waals surface area contributed by atoms with Crippen LogP contribution in [-0.2, 0) is 4.79 Å². The predicted molar refractivity (Wildman–Crippen MR) is 123 cm³/mol. The molecular weight excluding hydrogens is 398 g/mol. The normalized spacial score (nSPS) is 13.9. The lowest BCUT2D eigenvalue weighted by Gasteiger charge is -2.21. The van der Waals surface area contributed by atoms with E-state index >= 15 is 0 Å². The molecule has 0 bridgehead atoms. The third-order valence-electron chi connectivity index (χ3n) is 5.00. The lowest BCUT2D eigenvalue weighted by Crippen LogP contribution is -2.34. The Morgan fingerprint density at radius 1 is 1.00 bits per heavy atom. The number of hydrogen-bond donors (Lipinski definition) is 3. The highest BCUT2D eigenvalue weighted by Gasteiger charge is 2.21. The summed E-state index contributed by atoms with van der Waals surface area (Å²) >= 11 is 5.27. The summed E-state index contributed by atoms with van der Waals surface area (Å²) in [6, 6.07) is 14.2. The minimum Gasteiger partial charge on any atom is -0.494 e. The van der Waals surface area contributed by atoms with Gasteiger partial charge in [-0.25, -0.2) is 0 Å². The van der Waals surface area contributed by atoms with Gasteiger partial charge in [0.2, 0.25) is 5.91 Å². The Hall–Kier alpha value is -2.93. The van der Waals surface area contributed by atoms with E-state index in [0.717, 1.165) is 25.7 Å². The van der Waals surface area contributed by atoms with Crippen molar-refractivity contribution >= 4 is 40.5 Å². The van der Waals surface area contributed by atoms with E-state index < -0.39 is 0 Å². The molecule has 0 unspecified atom stereocenters. The van der Waals surface area contributed by atoms with E-state index in [1.54, 1.807) is 30.3 Å². The second-order valence-corrected chi connectivity index (χ2v) is 7.68. The molecule has 2 aromatic rings. The highest BCUT2D eigenvalue weighted by atomic mass is 32.1. The monoisotopic (exact) mass is 425 g/mol. The summed E-state index contributed by atoms with van der Waals surface area (Å²) in [6.45, 7) is 2.41. The Bertz CT molecular complexity index is 910. The van der Waals surface area contributed by atoms with E-state index in [9.17, 15) is 9.59 Å². The van der Waals surface area contributed by atoms with Crippen LogP contribution in [0.15, 0.2) is 48.5 Å². The van der Waals surface area contributed by atoms with Crippen LogP contribution in [0.1, 0.15) is 49.4 Å². The summed E-state index contributed by atoms with van der Waals surface area (Å²) in [5, 5.41) is 8.82. The summed E-state index contributed by atoms with van der Waals surface area (Å²) in [7, 11) is 0. The van der Waals surface area contributed by atoms with Gasteiger partial charge in [0.15, 0.2) is 5.11 Å². The molecule has 6 nitrogen and oxygen atoms in total. The van der Waals surface area contributed by atoms with Crippen molar-refractivity contribution in [3.05, 3.63) is 54.1 Å². The lowest BCUT2D eigenvalue weighted by atomic mass is 9.88. The Morgan fingerprint density at radius 3 is 2.43 bits per heavy atom. The number of benzene rings is 2. The van der Waals surface area contributed by atoms with Crippen LogP contribution in [0.4, 0.5) is 11.4 Å². The maximum absolute atomic E-state index is 12.5. The molecule has 30 heavy (non-hydrogen) atoms. The van der Waals surface area contributed by atoms with Gasteiger partial charge in [-0.15, -0.1) is 0 Å². The molecule has 0 radical (unpaired) electrons. The summed E-state index contributed by atoms with van der Waals surface area (Å²) < 4.78 is 5.42. The number of carbonyl (C=O) groups excluding carboxylic acids is 2. The zero-order chi connectivity index (χ0) is 21.3. The number of anilines is 2. The van der Waals surface area contributed by atoms with Gasteiger partial charge >= 0.3 is 0 Å². The maximum atomic E-state index is 12.5. The molecule has 3 N–H and O–H groups in total. The third kappa shape index (κ3) is 6.29. The van der Waals surface area contributed by atoms with Crippen LogP contribution in [-0.4, -0.2) is 23.5 Å². The van der Waals surface area contributed by atoms with Crippen LogP contribution in [0, 0.1) is 5.92 Å². The average molecular weight is 426 g/mol. The molecule has 0 heterocycles. The van der Waals surface area contributed by atoms with Gasteiger partial charge in [-0.2, -0.15) is 0 Å². The molecule has 7 heteroatoms. The minimum absolute atomic E-state index is 0.0666. The lowest BCUT2D eigenvalue weighted by molar-refractivity contribution is -0.120. The first-order chi connectivity index (χ1) is 14.5. The van der Waals surface area contributed by atoms with E-state index in [-0.39, 0.29) is 22.8 Å². The number of thiocarbonyl (C=S) groups is 1. The quantitative estimate of drug-likeness (QED) is 0.583. The van der Waals surface area contributed by atoms with Crippen LogP contribution in [0.5, 0.6) is 5.75 Å². The molecule has 158 valence electrons. The largest absolute Gasteiger partial charge is 0.494 e. The van der Waals surface area contributed by atoms with E-state index in [4.69, 9.17) is 17.0 Å². The van der Waals surface area contributed by atoms with E-state index in [0.29, 0.717) is 29.3 Å². The highest BCUT2D eigenvalue weighted by molar-refractivity contribution is 7.80. The molecular formula is C23H27N3O3S. The summed E-state index contributed by atoms with van der Waals surface area (Å²) in [4.78, 5) is 24.9. The fourth-order valence-corrected chi connectivity index (χ4v) is 3.73. The highest BCUT2D eigenvalue weighted by Crippen LogP contribution is 2.25. The second-order valence-electron chi connectivity index (χ2n) is 7.27. The fraction of sp³-hybridized carbons (Fsp3) is 0.348. The molecule has 1 fully saturated rings. The Morgan fingerprint density at radius 2 is 1.70 bits per heavy atom. The van der Waals surface area contributed by atoms with Crippen LogP contribution in [0.25, 0.3) is 0 Å². The zero-order valence-electron chi connectivity index (χ0n) is 17.1. The van der Waals surface area contributed by atoms with Gasteiger partial charge in [-0.3, -0.25) is 14.9 Å². The van der Waals surface area contributed by atoms with Crippen molar-refractivity contribution in [2.24, 2.45) is 5.92 Å². The number of amides is 2. The Kier molecular flexibility index (Phi) is 7.79. The van der Waals surface area contributed by atoms with E-state index in [1.807, 2.05) is 25.1 Å².